The van der Waals surface area contributed by atoms with Crippen LogP contribution in [-0.4, -0.2) is 7.05 Å². The zero-order valence-electron chi connectivity index (χ0n) is 11.9. The molecular weight excluding hydrogens is 254 g/mol. The Morgan fingerprint density at radius 3 is 1.74 bits per heavy atom. The van der Waals surface area contributed by atoms with Gasteiger partial charge in [-0.25, -0.2) is 0 Å². The minimum atomic E-state index is 0.177. The van der Waals surface area contributed by atoms with E-state index in [0.717, 1.165) is 5.02 Å². The zero-order valence-corrected chi connectivity index (χ0v) is 12.7. The molecule has 2 aromatic carbocycles. The molecule has 1 atom stereocenters. The maximum atomic E-state index is 6.17. The molecule has 2 aromatic rings. The fraction of sp³-hybridized carbons (Fsp3) is 0.294. The maximum Gasteiger partial charge on any atom is 0.0575 e. The normalized spacial score (nSPS) is 12.5. The van der Waals surface area contributed by atoms with Gasteiger partial charge in [0, 0.05) is 5.02 Å². The average Bonchev–Trinajstić information content (AvgIpc) is 2.27. The minimum Gasteiger partial charge on any atom is -0.309 e. The molecule has 0 amide bonds. The van der Waals surface area contributed by atoms with Crippen molar-refractivity contribution in [3.63, 3.8) is 0 Å². The van der Waals surface area contributed by atoms with Crippen molar-refractivity contribution in [2.75, 3.05) is 7.05 Å². The van der Waals surface area contributed by atoms with Crippen LogP contribution in [0.4, 0.5) is 0 Å². The molecule has 1 N–H and O–H groups in total. The monoisotopic (exact) mass is 273 g/mol. The molecule has 100 valence electrons. The molecule has 0 aliphatic heterocycles. The van der Waals surface area contributed by atoms with Gasteiger partial charge in [0.05, 0.1) is 6.04 Å². The smallest absolute Gasteiger partial charge is 0.0575 e. The molecule has 0 saturated heterocycles. The minimum absolute atomic E-state index is 0.177. The summed E-state index contributed by atoms with van der Waals surface area (Å²) in [5, 5.41) is 4.18. The topological polar surface area (TPSA) is 12.0 Å². The SMILES string of the molecule is CNC(c1cc(C)cc(C)c1)c1cc(C)cc(Cl)c1. The third-order valence-corrected chi connectivity index (χ3v) is 3.48. The van der Waals surface area contributed by atoms with E-state index in [-0.39, 0.29) is 6.04 Å². The Bertz CT molecular complexity index is 498. The van der Waals surface area contributed by atoms with E-state index in [0.29, 0.717) is 0 Å². The van der Waals surface area contributed by atoms with Crippen LogP contribution in [0, 0.1) is 20.8 Å². The van der Waals surface area contributed by atoms with E-state index in [9.17, 15) is 0 Å². The Hall–Kier alpha value is -1.31. The molecule has 0 bridgehead atoms. The van der Waals surface area contributed by atoms with Crippen molar-refractivity contribution in [3.05, 3.63) is 69.2 Å². The molecule has 0 aromatic heterocycles. The van der Waals surface area contributed by atoms with E-state index >= 15 is 0 Å². The molecule has 2 heteroatoms. The van der Waals surface area contributed by atoms with E-state index < -0.39 is 0 Å². The lowest BCUT2D eigenvalue weighted by atomic mass is 9.95. The van der Waals surface area contributed by atoms with Crippen LogP contribution in [0.2, 0.25) is 5.02 Å². The van der Waals surface area contributed by atoms with Crippen molar-refractivity contribution in [1.82, 2.24) is 5.32 Å². The predicted octanol–water partition coefficient (Wildman–Crippen LogP) is 4.57. The number of hydrogen-bond acceptors (Lipinski definition) is 1. The van der Waals surface area contributed by atoms with Crippen molar-refractivity contribution in [3.8, 4) is 0 Å². The molecule has 19 heavy (non-hydrogen) atoms. The lowest BCUT2D eigenvalue weighted by Crippen LogP contribution is -2.18. The highest BCUT2D eigenvalue weighted by Gasteiger charge is 2.13. The maximum absolute atomic E-state index is 6.17. The Balaban J connectivity index is 2.49. The van der Waals surface area contributed by atoms with Gasteiger partial charge in [0.2, 0.25) is 0 Å². The predicted molar refractivity (Wildman–Crippen MR) is 83.0 cm³/mol. The third-order valence-electron chi connectivity index (χ3n) is 3.26. The highest BCUT2D eigenvalue weighted by Crippen LogP contribution is 2.27. The molecular formula is C17H20ClN. The van der Waals surface area contributed by atoms with Crippen LogP contribution < -0.4 is 5.32 Å². The van der Waals surface area contributed by atoms with E-state index in [1.807, 2.05) is 19.2 Å². The second-order valence-corrected chi connectivity index (χ2v) is 5.64. The van der Waals surface area contributed by atoms with Gasteiger partial charge in [-0.1, -0.05) is 47.0 Å². The Morgan fingerprint density at radius 2 is 1.26 bits per heavy atom. The molecule has 1 unspecified atom stereocenters. The zero-order chi connectivity index (χ0) is 14.0. The van der Waals surface area contributed by atoms with Gasteiger partial charge in [-0.3, -0.25) is 0 Å². The lowest BCUT2D eigenvalue weighted by Gasteiger charge is -2.19. The first-order chi connectivity index (χ1) is 8.99. The van der Waals surface area contributed by atoms with Gasteiger partial charge in [0.25, 0.3) is 0 Å². The first-order valence-electron chi connectivity index (χ1n) is 6.52. The van der Waals surface area contributed by atoms with Crippen molar-refractivity contribution >= 4 is 11.6 Å². The fourth-order valence-corrected chi connectivity index (χ4v) is 2.93. The van der Waals surface area contributed by atoms with Crippen LogP contribution in [0.5, 0.6) is 0 Å². The number of aryl methyl sites for hydroxylation is 3. The average molecular weight is 274 g/mol. The van der Waals surface area contributed by atoms with Crippen LogP contribution in [-0.2, 0) is 0 Å². The summed E-state index contributed by atoms with van der Waals surface area (Å²) < 4.78 is 0. The summed E-state index contributed by atoms with van der Waals surface area (Å²) in [5.41, 5.74) is 6.24. The molecule has 0 spiro atoms. The molecule has 0 fully saturated rings. The standard InChI is InChI=1S/C17H20ClN/c1-11-5-12(2)7-14(6-11)17(19-4)15-8-13(3)9-16(18)10-15/h5-10,17,19H,1-4H3. The number of halogens is 1. The largest absolute Gasteiger partial charge is 0.309 e. The molecule has 2 rings (SSSR count). The number of rotatable bonds is 3. The summed E-state index contributed by atoms with van der Waals surface area (Å²) in [6.45, 7) is 6.34. The summed E-state index contributed by atoms with van der Waals surface area (Å²) >= 11 is 6.17. The van der Waals surface area contributed by atoms with Gasteiger partial charge in [-0.15, -0.1) is 0 Å². The summed E-state index contributed by atoms with van der Waals surface area (Å²) in [4.78, 5) is 0. The Labute approximate surface area is 120 Å². The van der Waals surface area contributed by atoms with Crippen molar-refractivity contribution in [2.24, 2.45) is 0 Å². The van der Waals surface area contributed by atoms with Crippen LogP contribution >= 0.6 is 11.6 Å². The van der Waals surface area contributed by atoms with E-state index in [2.05, 4.69) is 50.4 Å². The van der Waals surface area contributed by atoms with Gasteiger partial charge in [-0.05, 0) is 56.6 Å². The van der Waals surface area contributed by atoms with Gasteiger partial charge in [-0.2, -0.15) is 0 Å². The molecule has 0 aliphatic carbocycles. The Morgan fingerprint density at radius 1 is 0.789 bits per heavy atom. The van der Waals surface area contributed by atoms with E-state index in [4.69, 9.17) is 11.6 Å². The summed E-state index contributed by atoms with van der Waals surface area (Å²) in [6, 6.07) is 13.0. The molecule has 0 heterocycles. The van der Waals surface area contributed by atoms with Crippen LogP contribution in [0.3, 0.4) is 0 Å². The summed E-state index contributed by atoms with van der Waals surface area (Å²) in [7, 11) is 1.98. The summed E-state index contributed by atoms with van der Waals surface area (Å²) in [5.74, 6) is 0. The van der Waals surface area contributed by atoms with Gasteiger partial charge in [0.15, 0.2) is 0 Å². The van der Waals surface area contributed by atoms with Crippen LogP contribution in [0.15, 0.2) is 36.4 Å². The van der Waals surface area contributed by atoms with E-state index in [1.54, 1.807) is 0 Å². The van der Waals surface area contributed by atoms with E-state index in [1.165, 1.54) is 27.8 Å². The van der Waals surface area contributed by atoms with Gasteiger partial charge >= 0.3 is 0 Å². The number of nitrogens with one attached hydrogen (secondary N) is 1. The van der Waals surface area contributed by atoms with Crippen molar-refractivity contribution < 1.29 is 0 Å². The first kappa shape index (κ1) is 14.1. The number of hydrogen-bond donors (Lipinski definition) is 1. The fourth-order valence-electron chi connectivity index (χ4n) is 2.63. The highest BCUT2D eigenvalue weighted by molar-refractivity contribution is 6.30. The van der Waals surface area contributed by atoms with Crippen molar-refractivity contribution in [1.29, 1.82) is 0 Å². The second kappa shape index (κ2) is 5.77. The third kappa shape index (κ3) is 3.37. The molecule has 0 radical (unpaired) electrons. The molecule has 1 nitrogen and oxygen atoms in total. The number of benzene rings is 2. The quantitative estimate of drug-likeness (QED) is 0.863. The summed E-state index contributed by atoms with van der Waals surface area (Å²) in [6.07, 6.45) is 0. The van der Waals surface area contributed by atoms with Gasteiger partial charge in [0.1, 0.15) is 0 Å². The lowest BCUT2D eigenvalue weighted by molar-refractivity contribution is 0.690. The Kier molecular flexibility index (Phi) is 4.28. The second-order valence-electron chi connectivity index (χ2n) is 5.20. The van der Waals surface area contributed by atoms with Crippen LogP contribution in [0.25, 0.3) is 0 Å². The van der Waals surface area contributed by atoms with Crippen molar-refractivity contribution in [2.45, 2.75) is 26.8 Å². The van der Waals surface area contributed by atoms with Crippen LogP contribution in [0.1, 0.15) is 33.9 Å². The molecule has 0 aliphatic rings. The highest BCUT2D eigenvalue weighted by atomic mass is 35.5. The van der Waals surface area contributed by atoms with Gasteiger partial charge < -0.3 is 5.32 Å². The first-order valence-corrected chi connectivity index (χ1v) is 6.90. The molecule has 0 saturated carbocycles.